The fraction of sp³-hybridized carbons (Fsp3) is 0.0500. The fourth-order valence-corrected chi connectivity index (χ4v) is 3.51. The number of nitrogens with two attached hydrogens (primary N) is 1. The van der Waals surface area contributed by atoms with E-state index in [0.29, 0.717) is 21.9 Å². The van der Waals surface area contributed by atoms with Gasteiger partial charge in [-0.05, 0) is 25.1 Å². The van der Waals surface area contributed by atoms with Gasteiger partial charge >= 0.3 is 0 Å². The molecular weight excluding hydrogens is 363 g/mol. The van der Waals surface area contributed by atoms with Crippen molar-refractivity contribution < 1.29 is 9.13 Å². The van der Waals surface area contributed by atoms with E-state index in [1.54, 1.807) is 18.3 Å². The Labute approximate surface area is 159 Å². The SMILES string of the molecule is Cc1nc(-c2ccccc2)c(Oc2ccnc(N)c2-c2ccc(F)nc2)s1. The topological polar surface area (TPSA) is 73.9 Å². The molecule has 0 saturated heterocycles. The van der Waals surface area contributed by atoms with E-state index in [4.69, 9.17) is 10.5 Å². The van der Waals surface area contributed by atoms with Crippen molar-refractivity contribution >= 4 is 17.2 Å². The third-order valence-electron chi connectivity index (χ3n) is 3.91. The van der Waals surface area contributed by atoms with Crippen molar-refractivity contribution in [3.63, 3.8) is 0 Å². The second-order valence-electron chi connectivity index (χ2n) is 5.78. The second kappa shape index (κ2) is 7.13. The Hall–Kier alpha value is -3.32. The lowest BCUT2D eigenvalue weighted by Crippen LogP contribution is -1.98. The van der Waals surface area contributed by atoms with Crippen LogP contribution in [0, 0.1) is 12.9 Å². The minimum absolute atomic E-state index is 0.281. The van der Waals surface area contributed by atoms with Crippen LogP contribution in [0.3, 0.4) is 0 Å². The van der Waals surface area contributed by atoms with Gasteiger partial charge in [-0.3, -0.25) is 0 Å². The standard InChI is InChI=1S/C20H15FN4OS/c1-12-25-18(13-5-3-2-4-6-13)20(27-12)26-15-9-10-23-19(22)17(15)14-7-8-16(21)24-11-14/h2-11H,1H3,(H2,22,23). The molecule has 0 unspecified atom stereocenters. The number of benzene rings is 1. The van der Waals surface area contributed by atoms with Gasteiger partial charge in [-0.15, -0.1) is 0 Å². The van der Waals surface area contributed by atoms with Gasteiger partial charge in [-0.25, -0.2) is 15.0 Å². The molecular formula is C20H15FN4OS. The van der Waals surface area contributed by atoms with Crippen LogP contribution in [-0.4, -0.2) is 15.0 Å². The highest BCUT2D eigenvalue weighted by atomic mass is 32.1. The summed E-state index contributed by atoms with van der Waals surface area (Å²) in [5.41, 5.74) is 8.99. The summed E-state index contributed by atoms with van der Waals surface area (Å²) in [5.74, 6) is 0.230. The Bertz CT molecular complexity index is 1080. The minimum Gasteiger partial charge on any atom is -0.443 e. The molecule has 4 aromatic rings. The molecule has 0 aliphatic rings. The average Bonchev–Trinajstić information content (AvgIpc) is 3.04. The van der Waals surface area contributed by atoms with E-state index in [2.05, 4.69) is 15.0 Å². The minimum atomic E-state index is -0.562. The van der Waals surface area contributed by atoms with Crippen molar-refractivity contribution in [1.29, 1.82) is 0 Å². The molecule has 0 fully saturated rings. The van der Waals surface area contributed by atoms with Crippen LogP contribution in [0.15, 0.2) is 60.9 Å². The van der Waals surface area contributed by atoms with Crippen molar-refractivity contribution in [2.45, 2.75) is 6.92 Å². The number of aryl methyl sites for hydroxylation is 1. The van der Waals surface area contributed by atoms with E-state index < -0.39 is 5.95 Å². The lowest BCUT2D eigenvalue weighted by atomic mass is 10.1. The van der Waals surface area contributed by atoms with Gasteiger partial charge in [0.2, 0.25) is 11.0 Å². The Morgan fingerprint density at radius 1 is 1.00 bits per heavy atom. The van der Waals surface area contributed by atoms with Crippen LogP contribution >= 0.6 is 11.3 Å². The van der Waals surface area contributed by atoms with E-state index in [9.17, 15) is 4.39 Å². The number of pyridine rings is 2. The lowest BCUT2D eigenvalue weighted by molar-refractivity contribution is 0.498. The van der Waals surface area contributed by atoms with Gasteiger partial charge in [-0.2, -0.15) is 4.39 Å². The number of anilines is 1. The number of rotatable bonds is 4. The quantitative estimate of drug-likeness (QED) is 0.501. The molecule has 27 heavy (non-hydrogen) atoms. The maximum atomic E-state index is 13.2. The van der Waals surface area contributed by atoms with Crippen LogP contribution in [0.4, 0.5) is 10.2 Å². The Balaban J connectivity index is 1.79. The monoisotopic (exact) mass is 378 g/mol. The highest BCUT2D eigenvalue weighted by Gasteiger charge is 2.18. The summed E-state index contributed by atoms with van der Waals surface area (Å²) in [6.45, 7) is 1.93. The van der Waals surface area contributed by atoms with Gasteiger partial charge in [0.15, 0.2) is 0 Å². The van der Waals surface area contributed by atoms with Crippen molar-refractivity contribution in [2.24, 2.45) is 0 Å². The summed E-state index contributed by atoms with van der Waals surface area (Å²) in [6, 6.07) is 14.4. The molecule has 7 heteroatoms. The maximum absolute atomic E-state index is 13.2. The van der Waals surface area contributed by atoms with E-state index in [-0.39, 0.29) is 5.82 Å². The smallest absolute Gasteiger partial charge is 0.212 e. The zero-order valence-corrected chi connectivity index (χ0v) is 15.2. The zero-order chi connectivity index (χ0) is 18.8. The molecule has 1 aromatic carbocycles. The van der Waals surface area contributed by atoms with Crippen molar-refractivity contribution in [2.75, 3.05) is 5.73 Å². The van der Waals surface area contributed by atoms with E-state index >= 15 is 0 Å². The first-order valence-corrected chi connectivity index (χ1v) is 9.00. The molecule has 0 bridgehead atoms. The van der Waals surface area contributed by atoms with Gasteiger partial charge in [-0.1, -0.05) is 41.7 Å². The molecule has 0 atom stereocenters. The van der Waals surface area contributed by atoms with Crippen LogP contribution in [-0.2, 0) is 0 Å². The van der Waals surface area contributed by atoms with Crippen molar-refractivity contribution in [3.05, 3.63) is 71.9 Å². The van der Waals surface area contributed by atoms with Crippen LogP contribution < -0.4 is 10.5 Å². The molecule has 0 saturated carbocycles. The maximum Gasteiger partial charge on any atom is 0.212 e. The third kappa shape index (κ3) is 3.50. The van der Waals surface area contributed by atoms with E-state index in [0.717, 1.165) is 16.3 Å². The third-order valence-corrected chi connectivity index (χ3v) is 4.76. The van der Waals surface area contributed by atoms with E-state index in [1.807, 2.05) is 37.3 Å². The molecule has 5 nitrogen and oxygen atoms in total. The Morgan fingerprint density at radius 3 is 2.56 bits per heavy atom. The average molecular weight is 378 g/mol. The summed E-state index contributed by atoms with van der Waals surface area (Å²) in [7, 11) is 0. The first kappa shape index (κ1) is 17.1. The highest BCUT2D eigenvalue weighted by Crippen LogP contribution is 2.42. The Kier molecular flexibility index (Phi) is 4.52. The number of nitrogens with zero attached hydrogens (tertiary/aromatic N) is 3. The van der Waals surface area contributed by atoms with Gasteiger partial charge in [0.05, 0.1) is 10.6 Å². The summed E-state index contributed by atoms with van der Waals surface area (Å²) in [6.07, 6.45) is 2.98. The number of aromatic nitrogens is 3. The summed E-state index contributed by atoms with van der Waals surface area (Å²) < 4.78 is 19.4. The number of halogens is 1. The normalized spacial score (nSPS) is 10.7. The van der Waals surface area contributed by atoms with E-state index in [1.165, 1.54) is 23.6 Å². The fourth-order valence-electron chi connectivity index (χ4n) is 2.71. The van der Waals surface area contributed by atoms with Crippen LogP contribution in [0.1, 0.15) is 5.01 Å². The molecule has 3 aromatic heterocycles. The largest absolute Gasteiger partial charge is 0.443 e. The molecule has 134 valence electrons. The molecule has 0 spiro atoms. The first-order chi connectivity index (χ1) is 13.1. The molecule has 0 radical (unpaired) electrons. The lowest BCUT2D eigenvalue weighted by Gasteiger charge is -2.12. The van der Waals surface area contributed by atoms with Gasteiger partial charge in [0.25, 0.3) is 0 Å². The van der Waals surface area contributed by atoms with Gasteiger partial charge < -0.3 is 10.5 Å². The number of hydrogen-bond acceptors (Lipinski definition) is 6. The molecule has 3 heterocycles. The predicted octanol–water partition coefficient (Wildman–Crippen LogP) is 5.09. The van der Waals surface area contributed by atoms with Crippen LogP contribution in [0.2, 0.25) is 0 Å². The first-order valence-electron chi connectivity index (χ1n) is 8.19. The van der Waals surface area contributed by atoms with Crippen molar-refractivity contribution in [1.82, 2.24) is 15.0 Å². The molecule has 0 amide bonds. The van der Waals surface area contributed by atoms with Crippen molar-refractivity contribution in [3.8, 4) is 33.2 Å². The molecule has 4 rings (SSSR count). The highest BCUT2D eigenvalue weighted by molar-refractivity contribution is 7.13. The summed E-state index contributed by atoms with van der Waals surface area (Å²) in [4.78, 5) is 12.4. The van der Waals surface area contributed by atoms with Crippen LogP contribution in [0.25, 0.3) is 22.4 Å². The summed E-state index contributed by atoms with van der Waals surface area (Å²) >= 11 is 1.45. The Morgan fingerprint density at radius 2 is 1.81 bits per heavy atom. The zero-order valence-electron chi connectivity index (χ0n) is 14.4. The molecule has 0 aliphatic carbocycles. The number of ether oxygens (including phenoxy) is 1. The molecule has 0 aliphatic heterocycles. The molecule has 2 N–H and O–H groups in total. The predicted molar refractivity (Wildman–Crippen MR) is 104 cm³/mol. The second-order valence-corrected chi connectivity index (χ2v) is 6.94. The number of hydrogen-bond donors (Lipinski definition) is 1. The van der Waals surface area contributed by atoms with Gasteiger partial charge in [0, 0.05) is 23.5 Å². The summed E-state index contributed by atoms with van der Waals surface area (Å²) in [5, 5.41) is 1.54. The van der Waals surface area contributed by atoms with Crippen LogP contribution in [0.5, 0.6) is 10.8 Å². The van der Waals surface area contributed by atoms with Gasteiger partial charge in [0.1, 0.15) is 17.3 Å². The number of nitrogen functional groups attached to an aromatic ring is 1. The number of thiazole rings is 1.